The molecule has 1 amide bonds. The Balaban J connectivity index is 1.92. The number of amides is 1. The van der Waals surface area contributed by atoms with Crippen molar-refractivity contribution >= 4 is 17.2 Å². The van der Waals surface area contributed by atoms with Gasteiger partial charge in [0.1, 0.15) is 16.5 Å². The molecule has 1 saturated carbocycles. The van der Waals surface area contributed by atoms with Gasteiger partial charge in [-0.15, -0.1) is 11.3 Å². The van der Waals surface area contributed by atoms with E-state index in [1.54, 1.807) is 17.5 Å². The predicted molar refractivity (Wildman–Crippen MR) is 73.4 cm³/mol. The number of rotatable bonds is 4. The molecule has 100 valence electrons. The molecule has 2 aromatic rings. The van der Waals surface area contributed by atoms with Crippen LogP contribution in [0.25, 0.3) is 0 Å². The monoisotopic (exact) mass is 276 g/mol. The molecule has 1 aliphatic rings. The fraction of sp³-hybridized carbons (Fsp3) is 0.462. The molecule has 19 heavy (non-hydrogen) atoms. The lowest BCUT2D eigenvalue weighted by Crippen LogP contribution is -2.11. The molecule has 0 bridgehead atoms. The third-order valence-electron chi connectivity index (χ3n) is 3.38. The number of carbonyl (C=O) groups is 1. The van der Waals surface area contributed by atoms with Gasteiger partial charge in [0.2, 0.25) is 0 Å². The molecule has 0 aliphatic heterocycles. The van der Waals surface area contributed by atoms with Gasteiger partial charge in [-0.2, -0.15) is 0 Å². The van der Waals surface area contributed by atoms with Crippen molar-refractivity contribution in [1.29, 1.82) is 0 Å². The van der Waals surface area contributed by atoms with Gasteiger partial charge in [0.05, 0.1) is 12.2 Å². The second-order valence-corrected chi connectivity index (χ2v) is 6.29. The Morgan fingerprint density at radius 1 is 1.47 bits per heavy atom. The van der Waals surface area contributed by atoms with E-state index >= 15 is 0 Å². The zero-order chi connectivity index (χ0) is 13.6. The molecule has 0 aromatic carbocycles. The topological polar surface area (TPSA) is 73.8 Å². The average molecular weight is 276 g/mol. The van der Waals surface area contributed by atoms with E-state index in [0.29, 0.717) is 18.2 Å². The highest BCUT2D eigenvalue weighted by Crippen LogP contribution is 2.39. The van der Waals surface area contributed by atoms with E-state index in [9.17, 15) is 4.79 Å². The van der Waals surface area contributed by atoms with Gasteiger partial charge in [0.15, 0.2) is 0 Å². The van der Waals surface area contributed by atoms with Gasteiger partial charge in [0, 0.05) is 17.0 Å². The summed E-state index contributed by atoms with van der Waals surface area (Å²) in [5.74, 6) is 0.988. The lowest BCUT2D eigenvalue weighted by atomic mass is 10.4. The van der Waals surface area contributed by atoms with Crippen molar-refractivity contribution in [2.75, 3.05) is 0 Å². The Morgan fingerprint density at radius 3 is 2.74 bits per heavy atom. The van der Waals surface area contributed by atoms with Crippen LogP contribution < -0.4 is 5.73 Å². The van der Waals surface area contributed by atoms with Crippen LogP contribution in [0.5, 0.6) is 0 Å². The minimum absolute atomic E-state index is 0.354. The first-order valence-electron chi connectivity index (χ1n) is 6.34. The van der Waals surface area contributed by atoms with E-state index in [-0.39, 0.29) is 0 Å². The first-order chi connectivity index (χ1) is 9.04. The number of nitrogens with zero attached hydrogens (tertiary/aromatic N) is 3. The zero-order valence-electron chi connectivity index (χ0n) is 11.0. The smallest absolute Gasteiger partial charge is 0.268 e. The molecule has 2 aromatic heterocycles. The summed E-state index contributed by atoms with van der Waals surface area (Å²) in [6.07, 6.45) is 4.04. The molecule has 2 N–H and O–H groups in total. The molecule has 3 rings (SSSR count). The van der Waals surface area contributed by atoms with Crippen LogP contribution in [0, 0.1) is 13.8 Å². The maximum absolute atomic E-state index is 11.3. The quantitative estimate of drug-likeness (QED) is 0.928. The molecule has 5 nitrogen and oxygen atoms in total. The SMILES string of the molecule is Cc1nc(Cn2cc(C(N)=O)nc2C2CC2)sc1C. The van der Waals surface area contributed by atoms with Crippen molar-refractivity contribution in [1.82, 2.24) is 14.5 Å². The van der Waals surface area contributed by atoms with Gasteiger partial charge in [-0.25, -0.2) is 9.97 Å². The summed E-state index contributed by atoms with van der Waals surface area (Å²) in [5.41, 5.74) is 6.74. The minimum atomic E-state index is -0.466. The largest absolute Gasteiger partial charge is 0.364 e. The van der Waals surface area contributed by atoms with Gasteiger partial charge in [-0.3, -0.25) is 4.79 Å². The van der Waals surface area contributed by atoms with E-state index in [1.165, 1.54) is 4.88 Å². The first-order valence-corrected chi connectivity index (χ1v) is 7.16. The van der Waals surface area contributed by atoms with Crippen LogP contribution in [0.1, 0.15) is 50.7 Å². The van der Waals surface area contributed by atoms with Crippen molar-refractivity contribution < 1.29 is 4.79 Å². The predicted octanol–water partition coefficient (Wildman–Crippen LogP) is 1.98. The Hall–Kier alpha value is -1.69. The highest BCUT2D eigenvalue weighted by molar-refractivity contribution is 7.11. The highest BCUT2D eigenvalue weighted by Gasteiger charge is 2.29. The maximum atomic E-state index is 11.3. The molecule has 0 spiro atoms. The Kier molecular flexibility index (Phi) is 2.89. The average Bonchev–Trinajstić information content (AvgIpc) is 3.02. The zero-order valence-corrected chi connectivity index (χ0v) is 11.8. The molecule has 0 radical (unpaired) electrons. The lowest BCUT2D eigenvalue weighted by molar-refractivity contribution is 0.0996. The number of carbonyl (C=O) groups excluding carboxylic acids is 1. The van der Waals surface area contributed by atoms with Crippen LogP contribution in [-0.2, 0) is 6.54 Å². The van der Waals surface area contributed by atoms with Crippen molar-refractivity contribution in [3.05, 3.63) is 33.3 Å². The van der Waals surface area contributed by atoms with Gasteiger partial charge >= 0.3 is 0 Å². The number of nitrogens with two attached hydrogens (primary N) is 1. The van der Waals surface area contributed by atoms with Crippen LogP contribution >= 0.6 is 11.3 Å². The van der Waals surface area contributed by atoms with Crippen LogP contribution in [-0.4, -0.2) is 20.4 Å². The van der Waals surface area contributed by atoms with Gasteiger partial charge in [-0.1, -0.05) is 0 Å². The highest BCUT2D eigenvalue weighted by atomic mass is 32.1. The van der Waals surface area contributed by atoms with Crippen LogP contribution in [0.4, 0.5) is 0 Å². The van der Waals surface area contributed by atoms with Crippen LogP contribution in [0.3, 0.4) is 0 Å². The molecule has 1 aliphatic carbocycles. The van der Waals surface area contributed by atoms with Crippen LogP contribution in [0.15, 0.2) is 6.20 Å². The van der Waals surface area contributed by atoms with Gasteiger partial charge in [0.25, 0.3) is 5.91 Å². The van der Waals surface area contributed by atoms with E-state index < -0.39 is 5.91 Å². The summed E-state index contributed by atoms with van der Waals surface area (Å²) in [6.45, 7) is 4.76. The molecule has 1 fully saturated rings. The summed E-state index contributed by atoms with van der Waals surface area (Å²) in [4.78, 5) is 21.4. The molecule has 2 heterocycles. The maximum Gasteiger partial charge on any atom is 0.268 e. The number of hydrogen-bond acceptors (Lipinski definition) is 4. The van der Waals surface area contributed by atoms with Crippen molar-refractivity contribution in [2.24, 2.45) is 5.73 Å². The Labute approximate surface area is 115 Å². The normalized spacial score (nSPS) is 14.8. The first kappa shape index (κ1) is 12.3. The second-order valence-electron chi connectivity index (χ2n) is 5.00. The van der Waals surface area contributed by atoms with E-state index in [0.717, 1.165) is 29.4 Å². The third-order valence-corrected chi connectivity index (χ3v) is 4.44. The summed E-state index contributed by atoms with van der Waals surface area (Å²) >= 11 is 1.69. The molecular weight excluding hydrogens is 260 g/mol. The summed E-state index contributed by atoms with van der Waals surface area (Å²) in [6, 6.07) is 0. The summed E-state index contributed by atoms with van der Waals surface area (Å²) < 4.78 is 2.02. The minimum Gasteiger partial charge on any atom is -0.364 e. The van der Waals surface area contributed by atoms with E-state index in [2.05, 4.69) is 16.9 Å². The fourth-order valence-corrected chi connectivity index (χ4v) is 3.03. The molecule has 0 unspecified atom stereocenters. The standard InChI is InChI=1S/C13H16N4OS/c1-7-8(2)19-11(15-7)6-17-5-10(12(14)18)16-13(17)9-3-4-9/h5,9H,3-4,6H2,1-2H3,(H2,14,18). The lowest BCUT2D eigenvalue weighted by Gasteiger charge is -2.03. The van der Waals surface area contributed by atoms with Crippen molar-refractivity contribution in [3.63, 3.8) is 0 Å². The molecule has 6 heteroatoms. The summed E-state index contributed by atoms with van der Waals surface area (Å²) in [7, 11) is 0. The number of primary amides is 1. The van der Waals surface area contributed by atoms with Gasteiger partial charge in [-0.05, 0) is 26.7 Å². The Morgan fingerprint density at radius 2 is 2.21 bits per heavy atom. The Bertz CT molecular complexity index is 620. The van der Waals surface area contributed by atoms with Crippen molar-refractivity contribution in [3.8, 4) is 0 Å². The van der Waals surface area contributed by atoms with Crippen LogP contribution in [0.2, 0.25) is 0 Å². The number of imidazole rings is 1. The van der Waals surface area contributed by atoms with Crippen molar-refractivity contribution in [2.45, 2.75) is 39.2 Å². The molecular formula is C13H16N4OS. The number of thiazole rings is 1. The number of hydrogen-bond donors (Lipinski definition) is 1. The summed E-state index contributed by atoms with van der Waals surface area (Å²) in [5, 5.41) is 1.05. The van der Waals surface area contributed by atoms with Gasteiger partial charge < -0.3 is 10.3 Å². The third kappa shape index (κ3) is 2.40. The molecule has 0 atom stereocenters. The van der Waals surface area contributed by atoms with E-state index in [4.69, 9.17) is 5.73 Å². The second kappa shape index (κ2) is 4.45. The fourth-order valence-electron chi connectivity index (χ4n) is 2.10. The number of aryl methyl sites for hydroxylation is 2. The molecule has 0 saturated heterocycles. The van der Waals surface area contributed by atoms with E-state index in [1.807, 2.05) is 11.5 Å². The number of aromatic nitrogens is 3.